The number of carbonyl (C=O) groups excluding carboxylic acids is 1. The monoisotopic (exact) mass is 195 g/mol. The maximum absolute atomic E-state index is 10.7. The smallest absolute Gasteiger partial charge is 0.339 e. The molecule has 1 rings (SSSR count). The van der Waals surface area contributed by atoms with Crippen molar-refractivity contribution in [3.8, 4) is 5.75 Å². The average Bonchev–Trinajstić information content (AvgIpc) is 2.15. The van der Waals surface area contributed by atoms with Crippen LogP contribution in [0.4, 0.5) is 0 Å². The van der Waals surface area contributed by atoms with Gasteiger partial charge in [-0.2, -0.15) is 5.48 Å². The third-order valence-electron chi connectivity index (χ3n) is 1.42. The number of amides is 1. The van der Waals surface area contributed by atoms with Gasteiger partial charge < -0.3 is 9.94 Å². The predicted molar refractivity (Wildman–Crippen MR) is 47.8 cm³/mol. The molecule has 5 heteroatoms. The molecular formula is C9H9NO4. The lowest BCUT2D eigenvalue weighted by molar-refractivity contribution is -0.125. The van der Waals surface area contributed by atoms with Gasteiger partial charge in [-0.25, -0.2) is 4.79 Å². The zero-order chi connectivity index (χ0) is 10.6. The first kappa shape index (κ1) is 10.0. The minimum atomic E-state index is -1.11. The van der Waals surface area contributed by atoms with Gasteiger partial charge in [0.05, 0.1) is 0 Å². The lowest BCUT2D eigenvalue weighted by Crippen LogP contribution is -2.24. The summed E-state index contributed by atoms with van der Waals surface area (Å²) in [6, 6.07) is 6.03. The van der Waals surface area contributed by atoms with Crippen LogP contribution < -0.4 is 10.3 Å². The van der Waals surface area contributed by atoms with E-state index in [4.69, 9.17) is 9.94 Å². The van der Waals surface area contributed by atoms with Crippen molar-refractivity contribution >= 4 is 11.9 Å². The zero-order valence-corrected chi connectivity index (χ0v) is 7.48. The lowest BCUT2D eigenvalue weighted by atomic mass is 10.2. The molecule has 1 amide bonds. The second kappa shape index (κ2) is 4.27. The van der Waals surface area contributed by atoms with Gasteiger partial charge in [-0.05, 0) is 12.1 Å². The molecular weight excluding hydrogens is 186 g/mol. The molecule has 74 valence electrons. The van der Waals surface area contributed by atoms with Gasteiger partial charge in [-0.15, -0.1) is 0 Å². The standard InChI is InChI=1S/C9H9NO4/c1-6(11)10-14-8-5-3-2-4-7(8)9(12)13/h2-5H,1H3,(H,10,11)(H,12,13). The number of nitrogens with one attached hydrogen (secondary N) is 1. The van der Waals surface area contributed by atoms with Gasteiger partial charge in [0.2, 0.25) is 5.91 Å². The fourth-order valence-electron chi connectivity index (χ4n) is 0.859. The Morgan fingerprint density at radius 2 is 2.00 bits per heavy atom. The second-order valence-electron chi connectivity index (χ2n) is 2.56. The predicted octanol–water partition coefficient (Wildman–Crippen LogP) is 0.815. The topological polar surface area (TPSA) is 75.6 Å². The van der Waals surface area contributed by atoms with Gasteiger partial charge in [-0.1, -0.05) is 12.1 Å². The van der Waals surface area contributed by atoms with Crippen molar-refractivity contribution in [3.63, 3.8) is 0 Å². The molecule has 1 aromatic rings. The van der Waals surface area contributed by atoms with Gasteiger partial charge in [-0.3, -0.25) is 4.79 Å². The Morgan fingerprint density at radius 1 is 1.36 bits per heavy atom. The molecule has 0 aliphatic heterocycles. The summed E-state index contributed by atoms with van der Waals surface area (Å²) >= 11 is 0. The van der Waals surface area contributed by atoms with E-state index in [0.29, 0.717) is 0 Å². The number of benzene rings is 1. The van der Waals surface area contributed by atoms with Crippen molar-refractivity contribution in [1.82, 2.24) is 5.48 Å². The van der Waals surface area contributed by atoms with Gasteiger partial charge in [0, 0.05) is 6.92 Å². The molecule has 0 unspecified atom stereocenters. The van der Waals surface area contributed by atoms with Gasteiger partial charge >= 0.3 is 5.97 Å². The molecule has 0 spiro atoms. The molecule has 2 N–H and O–H groups in total. The Kier molecular flexibility index (Phi) is 3.06. The van der Waals surface area contributed by atoms with E-state index >= 15 is 0 Å². The Hall–Kier alpha value is -2.04. The minimum absolute atomic E-state index is 0.00116. The van der Waals surface area contributed by atoms with E-state index in [2.05, 4.69) is 5.48 Å². The number of para-hydroxylation sites is 1. The number of aromatic carboxylic acids is 1. The fraction of sp³-hybridized carbons (Fsp3) is 0.111. The number of hydroxylamine groups is 1. The third kappa shape index (κ3) is 2.48. The van der Waals surface area contributed by atoms with E-state index in [0.717, 1.165) is 0 Å². The van der Waals surface area contributed by atoms with Crippen LogP contribution in [0.25, 0.3) is 0 Å². The second-order valence-corrected chi connectivity index (χ2v) is 2.56. The molecule has 5 nitrogen and oxygen atoms in total. The molecule has 1 aromatic carbocycles. The summed E-state index contributed by atoms with van der Waals surface area (Å²) < 4.78 is 0. The molecule has 0 aliphatic rings. The van der Waals surface area contributed by atoms with Crippen molar-refractivity contribution in [1.29, 1.82) is 0 Å². The number of carboxylic acids is 1. The summed E-state index contributed by atoms with van der Waals surface area (Å²) in [6.07, 6.45) is 0. The average molecular weight is 195 g/mol. The maximum Gasteiger partial charge on any atom is 0.339 e. The van der Waals surface area contributed by atoms with Crippen LogP contribution >= 0.6 is 0 Å². The van der Waals surface area contributed by atoms with E-state index in [1.54, 1.807) is 12.1 Å². The van der Waals surface area contributed by atoms with Crippen LogP contribution in [-0.2, 0) is 4.79 Å². The van der Waals surface area contributed by atoms with Crippen LogP contribution in [0.2, 0.25) is 0 Å². The van der Waals surface area contributed by atoms with Crippen LogP contribution in [0.5, 0.6) is 5.75 Å². The molecule has 0 aromatic heterocycles. The third-order valence-corrected chi connectivity index (χ3v) is 1.42. The Morgan fingerprint density at radius 3 is 2.57 bits per heavy atom. The summed E-state index contributed by atoms with van der Waals surface area (Å²) in [5, 5.41) is 8.74. The number of carbonyl (C=O) groups is 2. The van der Waals surface area contributed by atoms with Crippen LogP contribution in [-0.4, -0.2) is 17.0 Å². The van der Waals surface area contributed by atoms with E-state index in [9.17, 15) is 9.59 Å². The van der Waals surface area contributed by atoms with E-state index in [1.165, 1.54) is 19.1 Å². The fourth-order valence-corrected chi connectivity index (χ4v) is 0.859. The largest absolute Gasteiger partial charge is 0.478 e. The van der Waals surface area contributed by atoms with E-state index in [1.807, 2.05) is 0 Å². The summed E-state index contributed by atoms with van der Waals surface area (Å²) in [7, 11) is 0. The first-order valence-electron chi connectivity index (χ1n) is 3.87. The van der Waals surface area contributed by atoms with Crippen LogP contribution in [0.15, 0.2) is 24.3 Å². The van der Waals surface area contributed by atoms with Crippen LogP contribution in [0.1, 0.15) is 17.3 Å². The summed E-state index contributed by atoms with van der Waals surface area (Å²) in [6.45, 7) is 1.27. The SMILES string of the molecule is CC(=O)NOc1ccccc1C(=O)O. The highest BCUT2D eigenvalue weighted by atomic mass is 16.7. The molecule has 0 heterocycles. The van der Waals surface area contributed by atoms with Crippen molar-refractivity contribution in [2.45, 2.75) is 6.92 Å². The van der Waals surface area contributed by atoms with Crippen LogP contribution in [0, 0.1) is 0 Å². The van der Waals surface area contributed by atoms with Gasteiger partial charge in [0.1, 0.15) is 5.56 Å². The summed E-state index contributed by atoms with van der Waals surface area (Å²) in [5.74, 6) is -1.40. The van der Waals surface area contributed by atoms with E-state index < -0.39 is 11.9 Å². The Balaban J connectivity index is 2.84. The number of hydrogen-bond donors (Lipinski definition) is 2. The Labute approximate surface area is 80.3 Å². The highest BCUT2D eigenvalue weighted by Crippen LogP contribution is 2.16. The summed E-state index contributed by atoms with van der Waals surface area (Å²) in [4.78, 5) is 26.0. The number of carboxylic acid groups (broad SMARTS) is 1. The first-order chi connectivity index (χ1) is 6.61. The van der Waals surface area contributed by atoms with Crippen molar-refractivity contribution < 1.29 is 19.5 Å². The van der Waals surface area contributed by atoms with E-state index in [-0.39, 0.29) is 11.3 Å². The molecule has 0 atom stereocenters. The molecule has 0 aliphatic carbocycles. The molecule has 0 fully saturated rings. The lowest BCUT2D eigenvalue weighted by Gasteiger charge is -2.06. The first-order valence-corrected chi connectivity index (χ1v) is 3.87. The number of hydrogen-bond acceptors (Lipinski definition) is 3. The highest BCUT2D eigenvalue weighted by Gasteiger charge is 2.10. The van der Waals surface area contributed by atoms with Crippen molar-refractivity contribution in [3.05, 3.63) is 29.8 Å². The van der Waals surface area contributed by atoms with Gasteiger partial charge in [0.25, 0.3) is 0 Å². The van der Waals surface area contributed by atoms with Crippen LogP contribution in [0.3, 0.4) is 0 Å². The zero-order valence-electron chi connectivity index (χ0n) is 7.48. The molecule has 0 saturated carbocycles. The molecule has 14 heavy (non-hydrogen) atoms. The number of rotatable bonds is 3. The Bertz CT molecular complexity index is 362. The van der Waals surface area contributed by atoms with Crippen molar-refractivity contribution in [2.75, 3.05) is 0 Å². The van der Waals surface area contributed by atoms with Crippen molar-refractivity contribution in [2.24, 2.45) is 0 Å². The summed E-state index contributed by atoms with van der Waals surface area (Å²) in [5.41, 5.74) is 2.06. The quantitative estimate of drug-likeness (QED) is 0.700. The maximum atomic E-state index is 10.7. The minimum Gasteiger partial charge on any atom is -0.478 e. The molecule has 0 saturated heterocycles. The van der Waals surface area contributed by atoms with Gasteiger partial charge in [0.15, 0.2) is 5.75 Å². The molecule has 0 radical (unpaired) electrons. The molecule has 0 bridgehead atoms. The normalized spacial score (nSPS) is 9.21. The highest BCUT2D eigenvalue weighted by molar-refractivity contribution is 5.90.